The summed E-state index contributed by atoms with van der Waals surface area (Å²) in [4.78, 5) is 28.1. The van der Waals surface area contributed by atoms with Crippen molar-refractivity contribution in [1.29, 1.82) is 0 Å². The van der Waals surface area contributed by atoms with E-state index < -0.39 is 11.5 Å². The number of anilines is 1. The van der Waals surface area contributed by atoms with E-state index in [1.807, 2.05) is 13.0 Å². The van der Waals surface area contributed by atoms with Gasteiger partial charge in [-0.05, 0) is 45.4 Å². The maximum Gasteiger partial charge on any atom is 0.355 e. The van der Waals surface area contributed by atoms with Gasteiger partial charge in [0.05, 0.1) is 11.4 Å². The van der Waals surface area contributed by atoms with Crippen LogP contribution in [0.25, 0.3) is 22.7 Å². The van der Waals surface area contributed by atoms with Crippen molar-refractivity contribution in [2.24, 2.45) is 0 Å². The second-order valence-electron chi connectivity index (χ2n) is 8.83. The topological polar surface area (TPSA) is 79.8 Å². The number of hydrogen-bond donors (Lipinski definition) is 1. The molecule has 0 aliphatic carbocycles. The molecule has 4 aromatic heterocycles. The highest BCUT2D eigenvalue weighted by atomic mass is 19.1. The zero-order valence-corrected chi connectivity index (χ0v) is 18.0. The average Bonchev–Trinajstić information content (AvgIpc) is 3.08. The van der Waals surface area contributed by atoms with Gasteiger partial charge in [-0.1, -0.05) is 0 Å². The van der Waals surface area contributed by atoms with Crippen LogP contribution in [0.5, 0.6) is 0 Å². The molecule has 4 aromatic rings. The molecule has 1 saturated heterocycles. The molecule has 31 heavy (non-hydrogen) atoms. The van der Waals surface area contributed by atoms with Gasteiger partial charge in [-0.15, -0.1) is 0 Å². The molecular weight excluding hydrogens is 397 g/mol. The Morgan fingerprint density at radius 3 is 2.65 bits per heavy atom. The third-order valence-electron chi connectivity index (χ3n) is 5.65. The zero-order chi connectivity index (χ0) is 21.9. The van der Waals surface area contributed by atoms with Crippen molar-refractivity contribution in [3.05, 3.63) is 58.3 Å². The summed E-state index contributed by atoms with van der Waals surface area (Å²) in [7, 11) is 0. The van der Waals surface area contributed by atoms with Gasteiger partial charge in [0.1, 0.15) is 5.65 Å². The summed E-state index contributed by atoms with van der Waals surface area (Å²) in [6.07, 6.45) is 5.21. The SMILES string of the molecule is Cc1cn2cc(-c3nc(=O)n4cc(N5CCNC(C)(C)C5)cc(C)c4n3)cc(F)c2n1. The summed E-state index contributed by atoms with van der Waals surface area (Å²) < 4.78 is 17.6. The number of aryl methyl sites for hydroxylation is 2. The van der Waals surface area contributed by atoms with E-state index in [-0.39, 0.29) is 17.0 Å². The van der Waals surface area contributed by atoms with Gasteiger partial charge in [0.25, 0.3) is 0 Å². The van der Waals surface area contributed by atoms with Gasteiger partial charge in [0.15, 0.2) is 17.3 Å². The number of aromatic nitrogens is 5. The maximum absolute atomic E-state index is 14.5. The number of fused-ring (bicyclic) bond motifs is 2. The summed E-state index contributed by atoms with van der Waals surface area (Å²) in [5.74, 6) is -0.292. The molecule has 0 radical (unpaired) electrons. The molecule has 0 amide bonds. The molecule has 1 aliphatic rings. The Bertz CT molecular complexity index is 1390. The number of rotatable bonds is 2. The summed E-state index contributed by atoms with van der Waals surface area (Å²) in [5.41, 5.74) is 3.23. The first kappa shape index (κ1) is 19.6. The Hall–Kier alpha value is -3.33. The number of nitrogens with zero attached hydrogens (tertiary/aromatic N) is 6. The number of imidazole rings is 1. The van der Waals surface area contributed by atoms with Crippen LogP contribution in [0.15, 0.2) is 35.5 Å². The molecule has 0 aromatic carbocycles. The van der Waals surface area contributed by atoms with Gasteiger partial charge < -0.3 is 14.6 Å². The maximum atomic E-state index is 14.5. The van der Waals surface area contributed by atoms with Crippen molar-refractivity contribution >= 4 is 17.0 Å². The summed E-state index contributed by atoms with van der Waals surface area (Å²) in [6.45, 7) is 10.6. The van der Waals surface area contributed by atoms with Gasteiger partial charge in [-0.25, -0.2) is 23.6 Å². The van der Waals surface area contributed by atoms with E-state index in [2.05, 4.69) is 39.0 Å². The molecule has 1 aliphatic heterocycles. The number of halogens is 1. The molecular formula is C22H24FN7O. The van der Waals surface area contributed by atoms with Crippen molar-refractivity contribution in [3.63, 3.8) is 0 Å². The fourth-order valence-electron chi connectivity index (χ4n) is 4.23. The standard InChI is InChI=1S/C22H24FN7O/c1-13-7-16(28-6-5-24-22(3,4)12-28)11-30-19(13)26-18(27-21(30)31)15-8-17(23)20-25-14(2)9-29(20)10-15/h7-11,24H,5-6,12H2,1-4H3. The van der Waals surface area contributed by atoms with Crippen molar-refractivity contribution in [2.75, 3.05) is 24.5 Å². The van der Waals surface area contributed by atoms with Crippen LogP contribution in [-0.2, 0) is 0 Å². The molecule has 0 spiro atoms. The molecule has 1 N–H and O–H groups in total. The van der Waals surface area contributed by atoms with Gasteiger partial charge in [0, 0.05) is 49.3 Å². The van der Waals surface area contributed by atoms with E-state index in [1.54, 1.807) is 29.9 Å². The average molecular weight is 421 g/mol. The third kappa shape index (κ3) is 3.44. The van der Waals surface area contributed by atoms with Crippen molar-refractivity contribution in [3.8, 4) is 11.4 Å². The van der Waals surface area contributed by atoms with Crippen LogP contribution < -0.4 is 15.9 Å². The summed E-state index contributed by atoms with van der Waals surface area (Å²) in [5, 5.41) is 3.49. The number of hydrogen-bond acceptors (Lipinski definition) is 6. The van der Waals surface area contributed by atoms with E-state index in [0.29, 0.717) is 16.9 Å². The van der Waals surface area contributed by atoms with Crippen LogP contribution in [0.2, 0.25) is 0 Å². The summed E-state index contributed by atoms with van der Waals surface area (Å²) >= 11 is 0. The lowest BCUT2D eigenvalue weighted by atomic mass is 10.0. The molecule has 0 saturated carbocycles. The van der Waals surface area contributed by atoms with Gasteiger partial charge >= 0.3 is 5.69 Å². The van der Waals surface area contributed by atoms with E-state index >= 15 is 0 Å². The predicted molar refractivity (Wildman–Crippen MR) is 117 cm³/mol. The van der Waals surface area contributed by atoms with Crippen LogP contribution >= 0.6 is 0 Å². The van der Waals surface area contributed by atoms with E-state index in [9.17, 15) is 9.18 Å². The number of nitrogens with one attached hydrogen (secondary N) is 1. The Morgan fingerprint density at radius 1 is 1.06 bits per heavy atom. The van der Waals surface area contributed by atoms with Crippen molar-refractivity contribution < 1.29 is 4.39 Å². The highest BCUT2D eigenvalue weighted by Crippen LogP contribution is 2.24. The van der Waals surface area contributed by atoms with Crippen molar-refractivity contribution in [1.82, 2.24) is 29.1 Å². The quantitative estimate of drug-likeness (QED) is 0.535. The first-order valence-corrected chi connectivity index (χ1v) is 10.3. The van der Waals surface area contributed by atoms with Crippen LogP contribution in [0, 0.1) is 19.7 Å². The monoisotopic (exact) mass is 421 g/mol. The molecule has 5 rings (SSSR count). The molecule has 160 valence electrons. The Labute approximate surface area is 178 Å². The zero-order valence-electron chi connectivity index (χ0n) is 18.0. The lowest BCUT2D eigenvalue weighted by molar-refractivity contribution is 0.353. The predicted octanol–water partition coefficient (Wildman–Crippen LogP) is 2.35. The minimum Gasteiger partial charge on any atom is -0.367 e. The van der Waals surface area contributed by atoms with Gasteiger partial charge in [0.2, 0.25) is 0 Å². The summed E-state index contributed by atoms with van der Waals surface area (Å²) in [6, 6.07) is 3.36. The Kier molecular flexibility index (Phi) is 4.33. The van der Waals surface area contributed by atoms with Crippen LogP contribution in [0.3, 0.4) is 0 Å². The molecule has 9 heteroatoms. The molecule has 0 bridgehead atoms. The van der Waals surface area contributed by atoms with Crippen LogP contribution in [-0.4, -0.2) is 48.9 Å². The second-order valence-corrected chi connectivity index (χ2v) is 8.83. The minimum atomic E-state index is -0.484. The molecule has 8 nitrogen and oxygen atoms in total. The molecule has 1 fully saturated rings. The third-order valence-corrected chi connectivity index (χ3v) is 5.65. The molecule has 0 unspecified atom stereocenters. The number of piperazine rings is 1. The van der Waals surface area contributed by atoms with Crippen molar-refractivity contribution in [2.45, 2.75) is 33.2 Å². The first-order chi connectivity index (χ1) is 14.7. The second kappa shape index (κ2) is 6.84. The lowest BCUT2D eigenvalue weighted by Gasteiger charge is -2.40. The van der Waals surface area contributed by atoms with E-state index in [4.69, 9.17) is 0 Å². The molecule has 5 heterocycles. The van der Waals surface area contributed by atoms with E-state index in [1.165, 1.54) is 10.5 Å². The fourth-order valence-corrected chi connectivity index (χ4v) is 4.23. The van der Waals surface area contributed by atoms with E-state index in [0.717, 1.165) is 30.9 Å². The minimum absolute atomic E-state index is 0.0131. The Morgan fingerprint density at radius 2 is 1.87 bits per heavy atom. The number of pyridine rings is 2. The molecule has 0 atom stereocenters. The van der Waals surface area contributed by atoms with Gasteiger partial charge in [-0.3, -0.25) is 0 Å². The largest absolute Gasteiger partial charge is 0.367 e. The van der Waals surface area contributed by atoms with Crippen LogP contribution in [0.4, 0.5) is 10.1 Å². The fraction of sp³-hybridized carbons (Fsp3) is 0.364. The Balaban J connectivity index is 1.62. The highest BCUT2D eigenvalue weighted by molar-refractivity contribution is 5.63. The smallest absolute Gasteiger partial charge is 0.355 e. The first-order valence-electron chi connectivity index (χ1n) is 10.3. The van der Waals surface area contributed by atoms with Crippen LogP contribution in [0.1, 0.15) is 25.1 Å². The normalized spacial score (nSPS) is 16.4. The highest BCUT2D eigenvalue weighted by Gasteiger charge is 2.26. The van der Waals surface area contributed by atoms with Gasteiger partial charge in [-0.2, -0.15) is 4.98 Å². The lowest BCUT2D eigenvalue weighted by Crippen LogP contribution is -2.57.